The molecule has 2 aromatic heterocycles. The quantitative estimate of drug-likeness (QED) is 0.746. The first-order valence-corrected chi connectivity index (χ1v) is 4.12. The van der Waals surface area contributed by atoms with Gasteiger partial charge in [0.25, 0.3) is 0 Å². The van der Waals surface area contributed by atoms with E-state index in [-0.39, 0.29) is 0 Å². The highest BCUT2D eigenvalue weighted by Gasteiger charge is 2.04. The molecule has 0 saturated heterocycles. The third kappa shape index (κ3) is 1.06. The highest BCUT2D eigenvalue weighted by molar-refractivity contribution is 9.10. The maximum Gasteiger partial charge on any atom is 0.418 e. The summed E-state index contributed by atoms with van der Waals surface area (Å²) in [5.41, 5.74) is 1.78. The molecule has 0 amide bonds. The maximum absolute atomic E-state index is 10.7. The zero-order chi connectivity index (χ0) is 8.72. The zero-order valence-electron chi connectivity index (χ0n) is 6.22. The first-order valence-electron chi connectivity index (χ1n) is 3.33. The highest BCUT2D eigenvalue weighted by Crippen LogP contribution is 2.18. The molecule has 0 unspecified atom stereocenters. The minimum Gasteiger partial charge on any atom is -0.406 e. The molecule has 0 saturated carbocycles. The number of oxazole rings is 1. The van der Waals surface area contributed by atoms with E-state index in [0.29, 0.717) is 11.2 Å². The molecule has 62 valence electrons. The van der Waals surface area contributed by atoms with Crippen molar-refractivity contribution in [3.63, 3.8) is 0 Å². The van der Waals surface area contributed by atoms with Crippen molar-refractivity contribution >= 4 is 27.2 Å². The summed E-state index contributed by atoms with van der Waals surface area (Å²) in [7, 11) is 0. The van der Waals surface area contributed by atoms with Gasteiger partial charge in [-0.15, -0.1) is 0 Å². The molecule has 2 rings (SSSR count). The lowest BCUT2D eigenvalue weighted by Crippen LogP contribution is -1.93. The summed E-state index contributed by atoms with van der Waals surface area (Å²) in [5.74, 6) is -0.477. The van der Waals surface area contributed by atoms with Gasteiger partial charge in [0.1, 0.15) is 0 Å². The summed E-state index contributed by atoms with van der Waals surface area (Å²) in [6, 6.07) is 1.72. The molecule has 1 N–H and O–H groups in total. The molecule has 2 heterocycles. The van der Waals surface area contributed by atoms with Crippen LogP contribution in [0.3, 0.4) is 0 Å². The number of H-pyrrole nitrogens is 1. The van der Waals surface area contributed by atoms with Gasteiger partial charge in [0.05, 0.1) is 5.69 Å². The summed E-state index contributed by atoms with van der Waals surface area (Å²) >= 11 is 3.29. The number of aromatic nitrogens is 2. The van der Waals surface area contributed by atoms with Crippen molar-refractivity contribution in [1.82, 2.24) is 9.97 Å². The minimum atomic E-state index is -0.477. The van der Waals surface area contributed by atoms with Crippen LogP contribution in [0.4, 0.5) is 0 Å². The van der Waals surface area contributed by atoms with Gasteiger partial charge in [-0.2, -0.15) is 0 Å². The molecule has 0 bridgehead atoms. The third-order valence-electron chi connectivity index (χ3n) is 1.54. The number of halogens is 1. The van der Waals surface area contributed by atoms with Gasteiger partial charge in [-0.25, -0.2) is 9.78 Å². The van der Waals surface area contributed by atoms with Crippen LogP contribution in [0.25, 0.3) is 11.2 Å². The van der Waals surface area contributed by atoms with E-state index in [4.69, 9.17) is 4.42 Å². The molecule has 0 spiro atoms. The molecule has 4 nitrogen and oxygen atoms in total. The van der Waals surface area contributed by atoms with Gasteiger partial charge in [0, 0.05) is 10.5 Å². The number of hydrogen-bond donors (Lipinski definition) is 1. The number of pyridine rings is 1. The van der Waals surface area contributed by atoms with Crippen LogP contribution in [0.15, 0.2) is 19.8 Å². The van der Waals surface area contributed by atoms with Crippen molar-refractivity contribution in [1.29, 1.82) is 0 Å². The largest absolute Gasteiger partial charge is 0.418 e. The average Bonchev–Trinajstić information content (AvgIpc) is 2.30. The van der Waals surface area contributed by atoms with Crippen LogP contribution in [-0.4, -0.2) is 9.97 Å². The second-order valence-electron chi connectivity index (χ2n) is 2.42. The van der Waals surface area contributed by atoms with E-state index in [2.05, 4.69) is 25.9 Å². The second-order valence-corrected chi connectivity index (χ2v) is 3.27. The van der Waals surface area contributed by atoms with Crippen LogP contribution in [-0.2, 0) is 0 Å². The molecule has 5 heteroatoms. The molecule has 0 fully saturated rings. The van der Waals surface area contributed by atoms with E-state index in [1.54, 1.807) is 6.07 Å². The Balaban J connectivity index is 2.92. The number of aryl methyl sites for hydroxylation is 1. The Hall–Kier alpha value is -1.10. The fourth-order valence-corrected chi connectivity index (χ4v) is 1.25. The van der Waals surface area contributed by atoms with Gasteiger partial charge >= 0.3 is 5.76 Å². The van der Waals surface area contributed by atoms with Crippen molar-refractivity contribution in [3.05, 3.63) is 26.8 Å². The number of nitrogens with zero attached hydrogens (tertiary/aromatic N) is 1. The van der Waals surface area contributed by atoms with Crippen LogP contribution < -0.4 is 5.76 Å². The van der Waals surface area contributed by atoms with Crippen LogP contribution in [0.2, 0.25) is 0 Å². The molecule has 0 aromatic carbocycles. The van der Waals surface area contributed by atoms with Crippen molar-refractivity contribution in [2.45, 2.75) is 6.92 Å². The lowest BCUT2D eigenvalue weighted by atomic mass is 10.4. The molecule has 12 heavy (non-hydrogen) atoms. The van der Waals surface area contributed by atoms with Crippen molar-refractivity contribution < 1.29 is 4.42 Å². The molecule has 0 atom stereocenters. The number of aromatic amines is 1. The van der Waals surface area contributed by atoms with Gasteiger partial charge in [0.15, 0.2) is 11.2 Å². The fourth-order valence-electron chi connectivity index (χ4n) is 0.954. The van der Waals surface area contributed by atoms with Crippen LogP contribution >= 0.6 is 15.9 Å². The molecule has 0 aliphatic heterocycles. The summed E-state index contributed by atoms with van der Waals surface area (Å²) in [4.78, 5) is 17.3. The van der Waals surface area contributed by atoms with Gasteiger partial charge < -0.3 is 4.42 Å². The summed E-state index contributed by atoms with van der Waals surface area (Å²) in [5, 5.41) is 0. The Morgan fingerprint density at radius 3 is 3.17 bits per heavy atom. The Labute approximate surface area is 75.7 Å². The van der Waals surface area contributed by atoms with E-state index in [9.17, 15) is 4.79 Å². The third-order valence-corrected chi connectivity index (χ3v) is 2.34. The van der Waals surface area contributed by atoms with Crippen LogP contribution in [0, 0.1) is 6.92 Å². The first kappa shape index (κ1) is 7.54. The Morgan fingerprint density at radius 1 is 1.67 bits per heavy atom. The minimum absolute atomic E-state index is 0.470. The first-order chi connectivity index (χ1) is 5.66. The molecular formula is C7H5BrN2O2. The summed E-state index contributed by atoms with van der Waals surface area (Å²) in [6.07, 6.45) is 0. The number of nitrogens with one attached hydrogen (secondary N) is 1. The van der Waals surface area contributed by atoms with E-state index in [1.165, 1.54) is 0 Å². The SMILES string of the molecule is Cc1nc2[nH]c(=O)oc2cc1Br. The normalized spacial score (nSPS) is 10.8. The summed E-state index contributed by atoms with van der Waals surface area (Å²) in [6.45, 7) is 1.84. The molecule has 0 aliphatic carbocycles. The van der Waals surface area contributed by atoms with Crippen molar-refractivity contribution in [2.24, 2.45) is 0 Å². The maximum atomic E-state index is 10.7. The van der Waals surface area contributed by atoms with E-state index >= 15 is 0 Å². The van der Waals surface area contributed by atoms with Crippen LogP contribution in [0.5, 0.6) is 0 Å². The van der Waals surface area contributed by atoms with E-state index in [1.807, 2.05) is 6.92 Å². The molecule has 0 radical (unpaired) electrons. The molecular weight excluding hydrogens is 224 g/mol. The number of hydrogen-bond acceptors (Lipinski definition) is 3. The Kier molecular flexibility index (Phi) is 1.54. The molecule has 2 aromatic rings. The van der Waals surface area contributed by atoms with Crippen molar-refractivity contribution in [3.8, 4) is 0 Å². The number of fused-ring (bicyclic) bond motifs is 1. The lowest BCUT2D eigenvalue weighted by molar-refractivity contribution is 0.555. The van der Waals surface area contributed by atoms with Gasteiger partial charge in [0.2, 0.25) is 0 Å². The average molecular weight is 229 g/mol. The van der Waals surface area contributed by atoms with E-state index < -0.39 is 5.76 Å². The number of rotatable bonds is 0. The molecule has 0 aliphatic rings. The van der Waals surface area contributed by atoms with Crippen LogP contribution in [0.1, 0.15) is 5.69 Å². The Morgan fingerprint density at radius 2 is 2.42 bits per heavy atom. The smallest absolute Gasteiger partial charge is 0.406 e. The van der Waals surface area contributed by atoms with Gasteiger partial charge in [-0.3, -0.25) is 4.98 Å². The predicted molar refractivity (Wildman–Crippen MR) is 47.1 cm³/mol. The fraction of sp³-hybridized carbons (Fsp3) is 0.143. The Bertz CT molecular complexity index is 444. The van der Waals surface area contributed by atoms with E-state index in [0.717, 1.165) is 10.2 Å². The monoisotopic (exact) mass is 228 g/mol. The highest BCUT2D eigenvalue weighted by atomic mass is 79.9. The van der Waals surface area contributed by atoms with Crippen molar-refractivity contribution in [2.75, 3.05) is 0 Å². The van der Waals surface area contributed by atoms with Gasteiger partial charge in [-0.05, 0) is 22.9 Å². The second kappa shape index (κ2) is 2.45. The zero-order valence-corrected chi connectivity index (χ0v) is 7.81. The lowest BCUT2D eigenvalue weighted by Gasteiger charge is -1.93. The summed E-state index contributed by atoms with van der Waals surface area (Å²) < 4.78 is 5.63. The standard InChI is InChI=1S/C7H5BrN2O2/c1-3-4(8)2-5-6(9-3)10-7(11)12-5/h2H,1H3,(H,9,10,11). The van der Waals surface area contributed by atoms with Gasteiger partial charge in [-0.1, -0.05) is 0 Å². The predicted octanol–water partition coefficient (Wildman–Crippen LogP) is 1.59. The topological polar surface area (TPSA) is 58.9 Å².